The first-order valence-electron chi connectivity index (χ1n) is 9.59. The van der Waals surface area contributed by atoms with E-state index in [4.69, 9.17) is 13.9 Å². The number of carbonyl (C=O) groups excluding carboxylic acids is 2. The number of furan rings is 1. The van der Waals surface area contributed by atoms with Crippen LogP contribution in [0.3, 0.4) is 0 Å². The van der Waals surface area contributed by atoms with Gasteiger partial charge in [-0.25, -0.2) is 0 Å². The van der Waals surface area contributed by atoms with Crippen LogP contribution in [0.1, 0.15) is 22.9 Å². The second kappa shape index (κ2) is 8.02. The zero-order valence-electron chi connectivity index (χ0n) is 17.3. The Bertz CT molecular complexity index is 1160. The average molecular weight is 419 g/mol. The second-order valence-electron chi connectivity index (χ2n) is 7.09. The molecule has 1 aliphatic heterocycles. The number of ether oxygens (including phenoxy) is 2. The maximum Gasteiger partial charge on any atom is 0.300 e. The molecule has 1 unspecified atom stereocenters. The highest BCUT2D eigenvalue weighted by Crippen LogP contribution is 2.43. The Labute approximate surface area is 179 Å². The average Bonchev–Trinajstić information content (AvgIpc) is 3.40. The van der Waals surface area contributed by atoms with E-state index in [0.717, 1.165) is 5.56 Å². The summed E-state index contributed by atoms with van der Waals surface area (Å²) in [5, 5.41) is 11.2. The number of methoxy groups -OCH3 is 2. The molecule has 7 nitrogen and oxygen atoms in total. The Balaban J connectivity index is 1.95. The molecule has 31 heavy (non-hydrogen) atoms. The molecule has 2 aromatic carbocycles. The standard InChI is InChI=1S/C24H21NO6/c1-14-6-8-15(9-7-14)25-21(19-5-4-12-31-19)20(23(27)24(25)28)22(26)17-13-16(29-2)10-11-18(17)30-3/h4-13,21,26H,1-3H3/b22-20-. The van der Waals surface area contributed by atoms with Crippen LogP contribution in [-0.2, 0) is 9.59 Å². The fourth-order valence-corrected chi connectivity index (χ4v) is 3.66. The van der Waals surface area contributed by atoms with Gasteiger partial charge in [-0.2, -0.15) is 0 Å². The van der Waals surface area contributed by atoms with Gasteiger partial charge in [0.25, 0.3) is 11.7 Å². The summed E-state index contributed by atoms with van der Waals surface area (Å²) in [5.74, 6) is -0.797. The van der Waals surface area contributed by atoms with Crippen LogP contribution in [0.15, 0.2) is 70.9 Å². The van der Waals surface area contributed by atoms with E-state index in [1.807, 2.05) is 19.1 Å². The molecule has 1 amide bonds. The number of carbonyl (C=O) groups is 2. The van der Waals surface area contributed by atoms with Crippen LogP contribution < -0.4 is 14.4 Å². The number of aliphatic hydroxyl groups is 1. The van der Waals surface area contributed by atoms with Crippen molar-refractivity contribution in [2.75, 3.05) is 19.1 Å². The second-order valence-corrected chi connectivity index (χ2v) is 7.09. The van der Waals surface area contributed by atoms with Gasteiger partial charge in [-0.15, -0.1) is 0 Å². The van der Waals surface area contributed by atoms with Crippen molar-refractivity contribution in [3.63, 3.8) is 0 Å². The van der Waals surface area contributed by atoms with Gasteiger partial charge in [0.15, 0.2) is 0 Å². The molecular formula is C24H21NO6. The largest absolute Gasteiger partial charge is 0.507 e. The van der Waals surface area contributed by atoms with Crippen molar-refractivity contribution in [2.24, 2.45) is 0 Å². The van der Waals surface area contributed by atoms with Crippen LogP contribution in [-0.4, -0.2) is 31.0 Å². The number of benzene rings is 2. The maximum atomic E-state index is 13.1. The van der Waals surface area contributed by atoms with Crippen LogP contribution in [0.25, 0.3) is 5.76 Å². The minimum atomic E-state index is -0.936. The van der Waals surface area contributed by atoms with Crippen molar-refractivity contribution in [3.05, 3.63) is 83.3 Å². The molecule has 1 aromatic heterocycles. The zero-order valence-corrected chi connectivity index (χ0v) is 17.3. The fourth-order valence-electron chi connectivity index (χ4n) is 3.66. The topological polar surface area (TPSA) is 89.2 Å². The summed E-state index contributed by atoms with van der Waals surface area (Å²) in [6, 6.07) is 14.4. The summed E-state index contributed by atoms with van der Waals surface area (Å²) in [5.41, 5.74) is 1.68. The van der Waals surface area contributed by atoms with Gasteiger partial charge in [0.2, 0.25) is 0 Å². The minimum absolute atomic E-state index is 0.0907. The molecule has 7 heteroatoms. The van der Waals surface area contributed by atoms with Crippen molar-refractivity contribution in [3.8, 4) is 11.5 Å². The first-order valence-corrected chi connectivity index (χ1v) is 9.59. The lowest BCUT2D eigenvalue weighted by Gasteiger charge is -2.23. The molecule has 1 N–H and O–H groups in total. The maximum absolute atomic E-state index is 13.1. The highest BCUT2D eigenvalue weighted by atomic mass is 16.5. The number of hydrogen-bond acceptors (Lipinski definition) is 6. The number of ketones is 1. The van der Waals surface area contributed by atoms with Gasteiger partial charge in [0, 0.05) is 5.69 Å². The molecule has 4 rings (SSSR count). The SMILES string of the molecule is COc1ccc(OC)c(/C(O)=C2/C(=O)C(=O)N(c3ccc(C)cc3)C2c2ccco2)c1. The molecule has 3 aromatic rings. The molecule has 0 radical (unpaired) electrons. The van der Waals surface area contributed by atoms with Gasteiger partial charge in [-0.3, -0.25) is 14.5 Å². The molecule has 1 aliphatic rings. The van der Waals surface area contributed by atoms with E-state index in [1.54, 1.807) is 42.5 Å². The summed E-state index contributed by atoms with van der Waals surface area (Å²) >= 11 is 0. The zero-order chi connectivity index (χ0) is 22.1. The van der Waals surface area contributed by atoms with E-state index in [1.165, 1.54) is 25.4 Å². The molecule has 2 heterocycles. The number of rotatable bonds is 5. The molecule has 1 atom stereocenters. The predicted octanol–water partition coefficient (Wildman–Crippen LogP) is 4.23. The first-order chi connectivity index (χ1) is 15.0. The first kappa shape index (κ1) is 20.3. The number of amides is 1. The number of Topliss-reactive ketones (excluding diaryl/α,β-unsaturated/α-hetero) is 1. The van der Waals surface area contributed by atoms with Crippen LogP contribution in [0.4, 0.5) is 5.69 Å². The number of aryl methyl sites for hydroxylation is 1. The molecule has 158 valence electrons. The normalized spacial score (nSPS) is 17.8. The Morgan fingerprint density at radius 2 is 1.77 bits per heavy atom. The lowest BCUT2D eigenvalue weighted by atomic mass is 9.98. The van der Waals surface area contributed by atoms with Crippen LogP contribution >= 0.6 is 0 Å². The number of hydrogen-bond donors (Lipinski definition) is 1. The summed E-state index contributed by atoms with van der Waals surface area (Å²) < 4.78 is 16.2. The minimum Gasteiger partial charge on any atom is -0.507 e. The van der Waals surface area contributed by atoms with Crippen LogP contribution in [0.5, 0.6) is 11.5 Å². The summed E-state index contributed by atoms with van der Waals surface area (Å²) in [6.07, 6.45) is 1.46. The van der Waals surface area contributed by atoms with Crippen LogP contribution in [0, 0.1) is 6.92 Å². The molecule has 0 aliphatic carbocycles. The van der Waals surface area contributed by atoms with E-state index in [-0.39, 0.29) is 16.9 Å². The third kappa shape index (κ3) is 3.44. The van der Waals surface area contributed by atoms with Crippen molar-refractivity contribution >= 4 is 23.1 Å². The van der Waals surface area contributed by atoms with Crippen LogP contribution in [0.2, 0.25) is 0 Å². The number of anilines is 1. The number of aliphatic hydroxyl groups excluding tert-OH is 1. The fraction of sp³-hybridized carbons (Fsp3) is 0.167. The van der Waals surface area contributed by atoms with Crippen molar-refractivity contribution < 1.29 is 28.6 Å². The quantitative estimate of drug-likeness (QED) is 0.378. The monoisotopic (exact) mass is 419 g/mol. The molecule has 1 saturated heterocycles. The molecule has 0 saturated carbocycles. The Hall–Kier alpha value is -4.00. The molecular weight excluding hydrogens is 398 g/mol. The van der Waals surface area contributed by atoms with Crippen molar-refractivity contribution in [2.45, 2.75) is 13.0 Å². The summed E-state index contributed by atoms with van der Waals surface area (Å²) in [4.78, 5) is 27.5. The Kier molecular flexibility index (Phi) is 5.25. The Morgan fingerprint density at radius 1 is 1.03 bits per heavy atom. The van der Waals surface area contributed by atoms with Gasteiger partial charge < -0.3 is 19.0 Å². The van der Waals surface area contributed by atoms with Gasteiger partial charge in [0.1, 0.15) is 29.1 Å². The highest BCUT2D eigenvalue weighted by molar-refractivity contribution is 6.51. The third-order valence-electron chi connectivity index (χ3n) is 5.23. The van der Waals surface area contributed by atoms with Crippen molar-refractivity contribution in [1.29, 1.82) is 0 Å². The Morgan fingerprint density at radius 3 is 2.39 bits per heavy atom. The molecule has 0 bridgehead atoms. The van der Waals surface area contributed by atoms with E-state index in [9.17, 15) is 14.7 Å². The van der Waals surface area contributed by atoms with Gasteiger partial charge in [-0.05, 0) is 49.4 Å². The van der Waals surface area contributed by atoms with E-state index in [2.05, 4.69) is 0 Å². The summed E-state index contributed by atoms with van der Waals surface area (Å²) in [7, 11) is 2.94. The lowest BCUT2D eigenvalue weighted by Crippen LogP contribution is -2.29. The molecule has 0 spiro atoms. The van der Waals surface area contributed by atoms with Crippen molar-refractivity contribution in [1.82, 2.24) is 0 Å². The highest BCUT2D eigenvalue weighted by Gasteiger charge is 2.48. The predicted molar refractivity (Wildman–Crippen MR) is 114 cm³/mol. The van der Waals surface area contributed by atoms with E-state index < -0.39 is 17.7 Å². The summed E-state index contributed by atoms with van der Waals surface area (Å²) in [6.45, 7) is 1.93. The lowest BCUT2D eigenvalue weighted by molar-refractivity contribution is -0.132. The van der Waals surface area contributed by atoms with E-state index in [0.29, 0.717) is 22.9 Å². The number of nitrogens with zero attached hydrogens (tertiary/aromatic N) is 1. The van der Waals surface area contributed by atoms with E-state index >= 15 is 0 Å². The van der Waals surface area contributed by atoms with Gasteiger partial charge in [0.05, 0.1) is 31.6 Å². The third-order valence-corrected chi connectivity index (χ3v) is 5.23. The smallest absolute Gasteiger partial charge is 0.300 e. The van der Waals surface area contributed by atoms with Gasteiger partial charge >= 0.3 is 0 Å². The van der Waals surface area contributed by atoms with Gasteiger partial charge in [-0.1, -0.05) is 17.7 Å². The molecule has 1 fully saturated rings.